The zero-order valence-electron chi connectivity index (χ0n) is 18.4. The third-order valence-corrected chi connectivity index (χ3v) is 5.57. The molecule has 0 unspecified atom stereocenters. The van der Waals surface area contributed by atoms with Crippen molar-refractivity contribution >= 4 is 40.8 Å². The maximum atomic E-state index is 12.7. The Kier molecular flexibility index (Phi) is 6.41. The van der Waals surface area contributed by atoms with E-state index < -0.39 is 0 Å². The average Bonchev–Trinajstić information content (AvgIpc) is 2.75. The van der Waals surface area contributed by atoms with Crippen LogP contribution in [0.5, 0.6) is 0 Å². The highest BCUT2D eigenvalue weighted by Crippen LogP contribution is 2.24. The third-order valence-electron chi connectivity index (χ3n) is 5.25. The summed E-state index contributed by atoms with van der Waals surface area (Å²) in [6.45, 7) is 8.37. The molecule has 0 spiro atoms. The van der Waals surface area contributed by atoms with Crippen molar-refractivity contribution in [2.24, 2.45) is 0 Å². The molecule has 0 saturated carbocycles. The van der Waals surface area contributed by atoms with E-state index in [1.807, 2.05) is 57.2 Å². The molecule has 1 aliphatic rings. The van der Waals surface area contributed by atoms with Crippen LogP contribution in [-0.2, 0) is 0 Å². The second-order valence-corrected chi connectivity index (χ2v) is 8.30. The lowest BCUT2D eigenvalue weighted by atomic mass is 10.2. The lowest BCUT2D eigenvalue weighted by Crippen LogP contribution is -2.50. The number of benzene rings is 1. The number of pyridine rings is 1. The number of aryl methyl sites for hydroxylation is 3. The number of hydrogen-bond acceptors (Lipinski definition) is 6. The number of carbonyl (C=O) groups is 1. The molecule has 2 N–H and O–H groups in total. The molecule has 4 rings (SSSR count). The number of nitrogens with zero attached hydrogens (tertiary/aromatic N) is 5. The van der Waals surface area contributed by atoms with Crippen LogP contribution in [0, 0.1) is 20.8 Å². The fourth-order valence-corrected chi connectivity index (χ4v) is 3.85. The number of rotatable bonds is 4. The maximum absolute atomic E-state index is 12.7. The van der Waals surface area contributed by atoms with Crippen LogP contribution < -0.4 is 15.5 Å². The Morgan fingerprint density at radius 3 is 2.41 bits per heavy atom. The smallest absolute Gasteiger partial charge is 0.322 e. The van der Waals surface area contributed by atoms with Gasteiger partial charge in [0.2, 0.25) is 0 Å². The van der Waals surface area contributed by atoms with E-state index in [0.29, 0.717) is 48.5 Å². The molecule has 0 atom stereocenters. The molecule has 8 nitrogen and oxygen atoms in total. The van der Waals surface area contributed by atoms with Gasteiger partial charge in [-0.25, -0.2) is 19.7 Å². The van der Waals surface area contributed by atoms with Crippen molar-refractivity contribution in [2.75, 3.05) is 41.7 Å². The van der Waals surface area contributed by atoms with E-state index in [0.717, 1.165) is 22.8 Å². The Bertz CT molecular complexity index is 1130. The van der Waals surface area contributed by atoms with Gasteiger partial charge in [0.1, 0.15) is 23.3 Å². The zero-order chi connectivity index (χ0) is 22.7. The highest BCUT2D eigenvalue weighted by Gasteiger charge is 2.23. The van der Waals surface area contributed by atoms with Gasteiger partial charge in [-0.1, -0.05) is 17.7 Å². The van der Waals surface area contributed by atoms with E-state index in [1.165, 1.54) is 0 Å². The maximum Gasteiger partial charge on any atom is 0.322 e. The molecule has 0 radical (unpaired) electrons. The number of amides is 2. The minimum atomic E-state index is -0.151. The van der Waals surface area contributed by atoms with Gasteiger partial charge < -0.3 is 20.4 Å². The highest BCUT2D eigenvalue weighted by atomic mass is 35.5. The molecular weight excluding hydrogens is 426 g/mol. The van der Waals surface area contributed by atoms with Gasteiger partial charge in [-0.3, -0.25) is 0 Å². The first-order valence-corrected chi connectivity index (χ1v) is 10.9. The van der Waals surface area contributed by atoms with Crippen molar-refractivity contribution in [1.82, 2.24) is 19.9 Å². The van der Waals surface area contributed by atoms with Crippen molar-refractivity contribution in [1.29, 1.82) is 0 Å². The van der Waals surface area contributed by atoms with Crippen molar-refractivity contribution in [3.63, 3.8) is 0 Å². The molecule has 3 aromatic rings. The van der Waals surface area contributed by atoms with Crippen LogP contribution in [0.25, 0.3) is 0 Å². The fourth-order valence-electron chi connectivity index (χ4n) is 3.57. The molecule has 0 aliphatic carbocycles. The highest BCUT2D eigenvalue weighted by molar-refractivity contribution is 6.33. The zero-order valence-corrected chi connectivity index (χ0v) is 19.1. The van der Waals surface area contributed by atoms with E-state index in [1.54, 1.807) is 11.1 Å². The molecule has 0 bridgehead atoms. The van der Waals surface area contributed by atoms with Gasteiger partial charge in [-0.2, -0.15) is 0 Å². The molecule has 1 fully saturated rings. The summed E-state index contributed by atoms with van der Waals surface area (Å²) in [6.07, 6.45) is 1.76. The Morgan fingerprint density at radius 2 is 1.69 bits per heavy atom. The quantitative estimate of drug-likeness (QED) is 0.605. The SMILES string of the molecule is Cc1ccnc(Nc2cc(N3CCN(C(=O)Nc4ccc(C)cc4Cl)CC3)nc(C)n2)c1. The third kappa shape index (κ3) is 5.26. The number of nitrogens with one attached hydrogen (secondary N) is 2. The topological polar surface area (TPSA) is 86.3 Å². The standard InChI is InChI=1S/C23H26ClN7O/c1-15-4-5-19(18(24)12-15)28-23(32)31-10-8-30(9-11-31)22-14-21(26-17(3)27-22)29-20-13-16(2)6-7-25-20/h4-7,12-14H,8-11H2,1-3H3,(H,28,32)(H,25,26,27,29). The van der Waals surface area contributed by atoms with E-state index in [9.17, 15) is 4.79 Å². The first-order valence-electron chi connectivity index (χ1n) is 10.5. The predicted molar refractivity (Wildman–Crippen MR) is 128 cm³/mol. The molecule has 32 heavy (non-hydrogen) atoms. The van der Waals surface area contributed by atoms with Crippen LogP contribution in [0.4, 0.5) is 27.9 Å². The molecule has 166 valence electrons. The second kappa shape index (κ2) is 9.40. The summed E-state index contributed by atoms with van der Waals surface area (Å²) in [5.74, 6) is 2.94. The Hall–Kier alpha value is -3.39. The van der Waals surface area contributed by atoms with Crippen LogP contribution in [0.15, 0.2) is 42.6 Å². The number of anilines is 4. The van der Waals surface area contributed by atoms with Gasteiger partial charge in [0.15, 0.2) is 0 Å². The number of carbonyl (C=O) groups excluding carboxylic acids is 1. The van der Waals surface area contributed by atoms with E-state index in [4.69, 9.17) is 11.6 Å². The van der Waals surface area contributed by atoms with Crippen LogP contribution in [0.3, 0.4) is 0 Å². The summed E-state index contributed by atoms with van der Waals surface area (Å²) in [7, 11) is 0. The summed E-state index contributed by atoms with van der Waals surface area (Å²) in [5, 5.41) is 6.70. The first kappa shape index (κ1) is 21.8. The summed E-state index contributed by atoms with van der Waals surface area (Å²) < 4.78 is 0. The van der Waals surface area contributed by atoms with E-state index >= 15 is 0 Å². The van der Waals surface area contributed by atoms with Crippen LogP contribution in [-0.4, -0.2) is 52.1 Å². The summed E-state index contributed by atoms with van der Waals surface area (Å²) >= 11 is 6.25. The molecule has 1 aliphatic heterocycles. The van der Waals surface area contributed by atoms with Gasteiger partial charge in [0.05, 0.1) is 10.7 Å². The van der Waals surface area contributed by atoms with Gasteiger partial charge in [0.25, 0.3) is 0 Å². The Morgan fingerprint density at radius 1 is 0.938 bits per heavy atom. The Labute approximate surface area is 192 Å². The lowest BCUT2D eigenvalue weighted by molar-refractivity contribution is 0.208. The molecule has 2 aromatic heterocycles. The first-order chi connectivity index (χ1) is 15.4. The lowest BCUT2D eigenvalue weighted by Gasteiger charge is -2.35. The molecule has 3 heterocycles. The van der Waals surface area contributed by atoms with Crippen LogP contribution in [0.1, 0.15) is 17.0 Å². The molecule has 1 aromatic carbocycles. The number of halogens is 1. The minimum Gasteiger partial charge on any atom is -0.353 e. The van der Waals surface area contributed by atoms with Crippen molar-refractivity contribution in [3.8, 4) is 0 Å². The van der Waals surface area contributed by atoms with Crippen LogP contribution >= 0.6 is 11.6 Å². The van der Waals surface area contributed by atoms with Crippen molar-refractivity contribution in [3.05, 3.63) is 64.6 Å². The van der Waals surface area contributed by atoms with Gasteiger partial charge in [0, 0.05) is 38.4 Å². The van der Waals surface area contributed by atoms with E-state index in [2.05, 4.69) is 30.5 Å². The average molecular weight is 452 g/mol. The molecule has 1 saturated heterocycles. The largest absolute Gasteiger partial charge is 0.353 e. The second-order valence-electron chi connectivity index (χ2n) is 7.89. The van der Waals surface area contributed by atoms with Crippen LogP contribution in [0.2, 0.25) is 5.02 Å². The summed E-state index contributed by atoms with van der Waals surface area (Å²) in [6, 6.07) is 11.3. The Balaban J connectivity index is 1.39. The monoisotopic (exact) mass is 451 g/mol. The van der Waals surface area contributed by atoms with Crippen molar-refractivity contribution < 1.29 is 4.79 Å². The normalized spacial score (nSPS) is 13.8. The molecular formula is C23H26ClN7O. The van der Waals surface area contributed by atoms with Crippen molar-refractivity contribution in [2.45, 2.75) is 20.8 Å². The number of piperazine rings is 1. The van der Waals surface area contributed by atoms with E-state index in [-0.39, 0.29) is 6.03 Å². The molecule has 9 heteroatoms. The number of aromatic nitrogens is 3. The number of hydrogen-bond donors (Lipinski definition) is 2. The minimum absolute atomic E-state index is 0.151. The van der Waals surface area contributed by atoms with Gasteiger partial charge >= 0.3 is 6.03 Å². The summed E-state index contributed by atoms with van der Waals surface area (Å²) in [4.78, 5) is 30.0. The molecule has 2 amide bonds. The predicted octanol–water partition coefficient (Wildman–Crippen LogP) is 4.55. The fraction of sp³-hybridized carbons (Fsp3) is 0.304. The summed E-state index contributed by atoms with van der Waals surface area (Å²) in [5.41, 5.74) is 2.79. The van der Waals surface area contributed by atoms with Gasteiger partial charge in [-0.15, -0.1) is 0 Å². The number of urea groups is 1. The van der Waals surface area contributed by atoms with Gasteiger partial charge in [-0.05, 0) is 56.2 Å².